The highest BCUT2D eigenvalue weighted by molar-refractivity contribution is 7.89. The van der Waals surface area contributed by atoms with Crippen LogP contribution < -0.4 is 5.32 Å². The predicted molar refractivity (Wildman–Crippen MR) is 124 cm³/mol. The Labute approximate surface area is 192 Å². The summed E-state index contributed by atoms with van der Waals surface area (Å²) in [6.45, 7) is 1.95. The number of carbonyl (C=O) groups is 1. The van der Waals surface area contributed by atoms with Gasteiger partial charge in [-0.3, -0.25) is 4.79 Å². The maximum absolute atomic E-state index is 13.4. The van der Waals surface area contributed by atoms with Crippen molar-refractivity contribution >= 4 is 39.1 Å². The Morgan fingerprint density at radius 1 is 0.935 bits per heavy atom. The summed E-state index contributed by atoms with van der Waals surface area (Å²) >= 11 is 12.2. The van der Waals surface area contributed by atoms with Gasteiger partial charge in [0.2, 0.25) is 15.9 Å². The highest BCUT2D eigenvalue weighted by atomic mass is 35.5. The zero-order valence-electron chi connectivity index (χ0n) is 16.9. The van der Waals surface area contributed by atoms with Gasteiger partial charge in [-0.2, -0.15) is 4.31 Å². The number of nitrogens with zero attached hydrogens (tertiary/aromatic N) is 1. The first-order chi connectivity index (χ1) is 14.8. The maximum atomic E-state index is 13.4. The lowest BCUT2D eigenvalue weighted by molar-refractivity contribution is -0.121. The van der Waals surface area contributed by atoms with E-state index >= 15 is 0 Å². The van der Waals surface area contributed by atoms with Gasteiger partial charge in [0, 0.05) is 18.1 Å². The first-order valence-electron chi connectivity index (χ1n) is 9.57. The van der Waals surface area contributed by atoms with E-state index in [4.69, 9.17) is 23.2 Å². The molecule has 1 amide bonds. The second kappa shape index (κ2) is 10.3. The molecule has 0 aromatic heterocycles. The molecule has 0 aliphatic rings. The molecule has 0 fully saturated rings. The number of hydrogen-bond acceptors (Lipinski definition) is 3. The van der Waals surface area contributed by atoms with E-state index in [-0.39, 0.29) is 28.0 Å². The number of carbonyl (C=O) groups excluding carboxylic acids is 1. The molecule has 0 aliphatic carbocycles. The molecule has 0 saturated heterocycles. The van der Waals surface area contributed by atoms with Crippen LogP contribution in [-0.2, 0) is 27.9 Å². The quantitative estimate of drug-likeness (QED) is 0.507. The lowest BCUT2D eigenvalue weighted by atomic mass is 10.1. The number of sulfonamides is 1. The molecule has 162 valence electrons. The monoisotopic (exact) mass is 476 g/mol. The van der Waals surface area contributed by atoms with Crippen molar-refractivity contribution in [1.29, 1.82) is 0 Å². The smallest absolute Gasteiger partial charge is 0.245 e. The molecule has 8 heteroatoms. The molecule has 0 aliphatic heterocycles. The molecule has 0 atom stereocenters. The summed E-state index contributed by atoms with van der Waals surface area (Å²) in [6, 6.07) is 21.0. The van der Waals surface area contributed by atoms with E-state index in [0.29, 0.717) is 6.54 Å². The Hall–Kier alpha value is -2.38. The summed E-state index contributed by atoms with van der Waals surface area (Å²) in [5.74, 6) is -0.418. The van der Waals surface area contributed by atoms with Gasteiger partial charge in [0.25, 0.3) is 0 Å². The molecular formula is C23H22Cl2N2O3S. The van der Waals surface area contributed by atoms with Crippen LogP contribution >= 0.6 is 23.2 Å². The minimum atomic E-state index is -4.08. The van der Waals surface area contributed by atoms with E-state index in [1.165, 1.54) is 18.2 Å². The number of hydrogen-bond donors (Lipinski definition) is 1. The molecule has 0 spiro atoms. The molecular weight excluding hydrogens is 455 g/mol. The van der Waals surface area contributed by atoms with Crippen molar-refractivity contribution in [2.75, 3.05) is 6.54 Å². The minimum absolute atomic E-state index is 0.0178. The SMILES string of the molecule is Cc1ccc(CNC(=O)CN(Cc2ccccc2)S(=O)(=O)c2cc(Cl)ccc2Cl)cc1. The number of nitrogens with one attached hydrogen (secondary N) is 1. The van der Waals surface area contributed by atoms with Crippen LogP contribution in [0, 0.1) is 6.92 Å². The third-order valence-electron chi connectivity index (χ3n) is 4.64. The summed E-state index contributed by atoms with van der Waals surface area (Å²) in [5, 5.41) is 3.07. The van der Waals surface area contributed by atoms with Crippen LogP contribution in [-0.4, -0.2) is 25.2 Å². The number of aryl methyl sites for hydroxylation is 1. The van der Waals surface area contributed by atoms with Crippen molar-refractivity contribution in [2.45, 2.75) is 24.9 Å². The third kappa shape index (κ3) is 6.31. The molecule has 0 heterocycles. The van der Waals surface area contributed by atoms with Crippen molar-refractivity contribution in [1.82, 2.24) is 9.62 Å². The summed E-state index contributed by atoms with van der Waals surface area (Å²) in [7, 11) is -4.08. The second-order valence-corrected chi connectivity index (χ2v) is 9.85. The summed E-state index contributed by atoms with van der Waals surface area (Å²) in [6.07, 6.45) is 0. The van der Waals surface area contributed by atoms with E-state index in [2.05, 4.69) is 5.32 Å². The van der Waals surface area contributed by atoms with Crippen molar-refractivity contribution in [3.63, 3.8) is 0 Å². The average molecular weight is 477 g/mol. The van der Waals surface area contributed by atoms with Crippen LogP contribution in [0.3, 0.4) is 0 Å². The molecule has 3 aromatic rings. The first-order valence-corrected chi connectivity index (χ1v) is 11.8. The fourth-order valence-electron chi connectivity index (χ4n) is 2.95. The van der Waals surface area contributed by atoms with Crippen LogP contribution in [0.5, 0.6) is 0 Å². The highest BCUT2D eigenvalue weighted by Gasteiger charge is 2.29. The van der Waals surface area contributed by atoms with E-state index in [1.807, 2.05) is 49.4 Å². The van der Waals surface area contributed by atoms with E-state index in [1.54, 1.807) is 12.1 Å². The van der Waals surface area contributed by atoms with Crippen molar-refractivity contribution < 1.29 is 13.2 Å². The van der Waals surface area contributed by atoms with Gasteiger partial charge in [0.05, 0.1) is 11.6 Å². The largest absolute Gasteiger partial charge is 0.351 e. The van der Waals surface area contributed by atoms with Crippen LogP contribution in [0.4, 0.5) is 0 Å². The first kappa shape index (κ1) is 23.3. The van der Waals surface area contributed by atoms with Gasteiger partial charge in [-0.05, 0) is 36.2 Å². The molecule has 0 saturated carbocycles. The second-order valence-electron chi connectivity index (χ2n) is 7.10. The predicted octanol–water partition coefficient (Wildman–Crippen LogP) is 4.81. The maximum Gasteiger partial charge on any atom is 0.245 e. The van der Waals surface area contributed by atoms with E-state index in [0.717, 1.165) is 21.0 Å². The molecule has 0 radical (unpaired) electrons. The Balaban J connectivity index is 1.82. The van der Waals surface area contributed by atoms with Crippen LogP contribution in [0.25, 0.3) is 0 Å². The minimum Gasteiger partial charge on any atom is -0.351 e. The molecule has 1 N–H and O–H groups in total. The average Bonchev–Trinajstić information content (AvgIpc) is 2.75. The zero-order valence-corrected chi connectivity index (χ0v) is 19.2. The highest BCUT2D eigenvalue weighted by Crippen LogP contribution is 2.28. The molecule has 31 heavy (non-hydrogen) atoms. The van der Waals surface area contributed by atoms with Gasteiger partial charge in [0.15, 0.2) is 0 Å². The molecule has 3 aromatic carbocycles. The normalized spacial score (nSPS) is 11.5. The Morgan fingerprint density at radius 2 is 1.61 bits per heavy atom. The fraction of sp³-hybridized carbons (Fsp3) is 0.174. The van der Waals surface area contributed by atoms with Crippen LogP contribution in [0.15, 0.2) is 77.7 Å². The number of rotatable bonds is 8. The standard InChI is InChI=1S/C23H22Cl2N2O3S/c1-17-7-9-18(10-8-17)14-26-23(28)16-27(15-19-5-3-2-4-6-19)31(29,30)22-13-20(24)11-12-21(22)25/h2-13H,14-16H2,1H3,(H,26,28). The van der Waals surface area contributed by atoms with Gasteiger partial charge in [-0.15, -0.1) is 0 Å². The lowest BCUT2D eigenvalue weighted by Gasteiger charge is -2.22. The Morgan fingerprint density at radius 3 is 2.29 bits per heavy atom. The topological polar surface area (TPSA) is 66.5 Å². The van der Waals surface area contributed by atoms with Crippen molar-refractivity contribution in [3.8, 4) is 0 Å². The van der Waals surface area contributed by atoms with Crippen molar-refractivity contribution in [3.05, 3.63) is 99.5 Å². The Kier molecular flexibility index (Phi) is 7.73. The van der Waals surface area contributed by atoms with Crippen LogP contribution in [0.1, 0.15) is 16.7 Å². The number of amides is 1. The zero-order chi connectivity index (χ0) is 22.4. The van der Waals surface area contributed by atoms with Gasteiger partial charge in [-0.1, -0.05) is 83.4 Å². The van der Waals surface area contributed by atoms with Gasteiger partial charge in [0.1, 0.15) is 4.90 Å². The van der Waals surface area contributed by atoms with Gasteiger partial charge >= 0.3 is 0 Å². The number of halogens is 2. The molecule has 0 unspecified atom stereocenters. The summed E-state index contributed by atoms with van der Waals surface area (Å²) in [5.41, 5.74) is 2.79. The Bertz CT molecular complexity index is 1150. The number of benzene rings is 3. The summed E-state index contributed by atoms with van der Waals surface area (Å²) < 4.78 is 27.8. The molecule has 5 nitrogen and oxygen atoms in total. The summed E-state index contributed by atoms with van der Waals surface area (Å²) in [4.78, 5) is 12.5. The van der Waals surface area contributed by atoms with E-state index in [9.17, 15) is 13.2 Å². The van der Waals surface area contributed by atoms with Crippen LogP contribution in [0.2, 0.25) is 10.0 Å². The third-order valence-corrected chi connectivity index (χ3v) is 7.15. The van der Waals surface area contributed by atoms with E-state index < -0.39 is 15.9 Å². The molecule has 3 rings (SSSR count). The lowest BCUT2D eigenvalue weighted by Crippen LogP contribution is -2.40. The van der Waals surface area contributed by atoms with Gasteiger partial charge in [-0.25, -0.2) is 8.42 Å². The van der Waals surface area contributed by atoms with Gasteiger partial charge < -0.3 is 5.32 Å². The fourth-order valence-corrected chi connectivity index (χ4v) is 5.07. The van der Waals surface area contributed by atoms with Crippen molar-refractivity contribution in [2.24, 2.45) is 0 Å². The molecule has 0 bridgehead atoms.